The van der Waals surface area contributed by atoms with Crippen LogP contribution in [0, 0.1) is 0 Å². The lowest BCUT2D eigenvalue weighted by atomic mass is 10.1. The molecule has 0 aliphatic heterocycles. The van der Waals surface area contributed by atoms with Crippen LogP contribution in [0.4, 0.5) is 13.2 Å². The Morgan fingerprint density at radius 1 is 1.32 bits per heavy atom. The largest absolute Gasteiger partial charge is 0.408 e. The van der Waals surface area contributed by atoms with Crippen molar-refractivity contribution in [2.24, 2.45) is 5.73 Å². The van der Waals surface area contributed by atoms with Crippen LogP contribution in [0.1, 0.15) is 12.5 Å². The molecule has 1 aromatic carbocycles. The van der Waals surface area contributed by atoms with E-state index in [1.807, 2.05) is 5.32 Å². The van der Waals surface area contributed by atoms with Crippen molar-refractivity contribution in [1.29, 1.82) is 0 Å². The first-order chi connectivity index (χ1) is 8.30. The molecule has 1 amide bonds. The molecule has 0 saturated carbocycles. The minimum absolute atomic E-state index is 0. The average Bonchev–Trinajstić information content (AvgIpc) is 2.28. The molecule has 19 heavy (non-hydrogen) atoms. The van der Waals surface area contributed by atoms with Crippen LogP contribution in [0.2, 0.25) is 0 Å². The topological polar surface area (TPSA) is 55.1 Å². The molecule has 0 fully saturated rings. The molecular formula is C12H16ClF3N2O. The van der Waals surface area contributed by atoms with Crippen LogP contribution in [0.25, 0.3) is 0 Å². The predicted molar refractivity (Wildman–Crippen MR) is 69.0 cm³/mol. The van der Waals surface area contributed by atoms with Gasteiger partial charge >= 0.3 is 6.18 Å². The van der Waals surface area contributed by atoms with E-state index in [-0.39, 0.29) is 18.8 Å². The lowest BCUT2D eigenvalue weighted by Gasteiger charge is -2.22. The monoisotopic (exact) mass is 296 g/mol. The minimum Gasteiger partial charge on any atom is -0.343 e. The van der Waals surface area contributed by atoms with Gasteiger partial charge < -0.3 is 11.1 Å². The van der Waals surface area contributed by atoms with Crippen molar-refractivity contribution in [3.63, 3.8) is 0 Å². The summed E-state index contributed by atoms with van der Waals surface area (Å²) in [5, 5.41) is 1.92. The summed E-state index contributed by atoms with van der Waals surface area (Å²) in [6.07, 6.45) is -4.80. The van der Waals surface area contributed by atoms with E-state index in [1.165, 1.54) is 6.92 Å². The maximum Gasteiger partial charge on any atom is 0.408 e. The van der Waals surface area contributed by atoms with Gasteiger partial charge in [0.05, 0.1) is 6.04 Å². The second-order valence-electron chi connectivity index (χ2n) is 4.08. The van der Waals surface area contributed by atoms with E-state index in [0.29, 0.717) is 5.56 Å². The number of alkyl halides is 3. The SMILES string of the molecule is C[C@@H](N)C(=O)NC(Cc1ccccc1)C(F)(F)F.Cl. The summed E-state index contributed by atoms with van der Waals surface area (Å²) in [4.78, 5) is 11.3. The highest BCUT2D eigenvalue weighted by molar-refractivity contribution is 5.85. The number of rotatable bonds is 4. The molecule has 3 N–H and O–H groups in total. The van der Waals surface area contributed by atoms with Crippen molar-refractivity contribution in [2.75, 3.05) is 0 Å². The Hall–Kier alpha value is -1.27. The Morgan fingerprint density at radius 3 is 2.26 bits per heavy atom. The Labute approximate surface area is 115 Å². The van der Waals surface area contributed by atoms with Gasteiger partial charge in [-0.2, -0.15) is 13.2 Å². The standard InChI is InChI=1S/C12H15F3N2O.ClH/c1-8(16)11(18)17-10(12(13,14)15)7-9-5-3-2-4-6-9;/h2-6,8,10H,7,16H2,1H3,(H,17,18);1H/t8-,10?;/m1./s1. The quantitative estimate of drug-likeness (QED) is 0.893. The van der Waals surface area contributed by atoms with Crippen LogP contribution in [-0.2, 0) is 11.2 Å². The summed E-state index contributed by atoms with van der Waals surface area (Å²) in [5.41, 5.74) is 5.75. The van der Waals surface area contributed by atoms with E-state index >= 15 is 0 Å². The summed E-state index contributed by atoms with van der Waals surface area (Å²) < 4.78 is 38.3. The minimum atomic E-state index is -4.50. The molecule has 0 heterocycles. The second-order valence-corrected chi connectivity index (χ2v) is 4.08. The van der Waals surface area contributed by atoms with Crippen molar-refractivity contribution in [3.8, 4) is 0 Å². The van der Waals surface area contributed by atoms with Crippen LogP contribution in [0.5, 0.6) is 0 Å². The van der Waals surface area contributed by atoms with Gasteiger partial charge in [0.15, 0.2) is 0 Å². The molecule has 1 unspecified atom stereocenters. The Balaban J connectivity index is 0.00000324. The van der Waals surface area contributed by atoms with Crippen molar-refractivity contribution < 1.29 is 18.0 Å². The summed E-state index contributed by atoms with van der Waals surface area (Å²) in [6, 6.07) is 5.29. The summed E-state index contributed by atoms with van der Waals surface area (Å²) in [5.74, 6) is -0.812. The first-order valence-electron chi connectivity index (χ1n) is 5.47. The third kappa shape index (κ3) is 5.94. The fraction of sp³-hybridized carbons (Fsp3) is 0.417. The van der Waals surface area contributed by atoms with Gasteiger partial charge in [-0.15, -0.1) is 12.4 Å². The summed E-state index contributed by atoms with van der Waals surface area (Å²) in [6.45, 7) is 1.34. The number of amides is 1. The van der Waals surface area contributed by atoms with Crippen molar-refractivity contribution >= 4 is 18.3 Å². The summed E-state index contributed by atoms with van der Waals surface area (Å²) in [7, 11) is 0. The lowest BCUT2D eigenvalue weighted by molar-refractivity contribution is -0.161. The second kappa shape index (κ2) is 7.35. The zero-order valence-corrected chi connectivity index (χ0v) is 11.1. The zero-order chi connectivity index (χ0) is 13.8. The number of carbonyl (C=O) groups is 1. The van der Waals surface area contributed by atoms with E-state index in [9.17, 15) is 18.0 Å². The van der Waals surface area contributed by atoms with Gasteiger partial charge in [-0.25, -0.2) is 0 Å². The van der Waals surface area contributed by atoms with Gasteiger partial charge in [0.2, 0.25) is 5.91 Å². The van der Waals surface area contributed by atoms with Crippen LogP contribution >= 0.6 is 12.4 Å². The van der Waals surface area contributed by atoms with Crippen molar-refractivity contribution in [1.82, 2.24) is 5.32 Å². The number of carbonyl (C=O) groups excluding carboxylic acids is 1. The third-order valence-electron chi connectivity index (χ3n) is 2.41. The molecule has 0 aliphatic rings. The molecule has 0 bridgehead atoms. The maximum atomic E-state index is 12.8. The molecule has 0 aromatic heterocycles. The molecule has 3 nitrogen and oxygen atoms in total. The number of hydrogen-bond acceptors (Lipinski definition) is 2. The average molecular weight is 297 g/mol. The fourth-order valence-corrected chi connectivity index (χ4v) is 1.40. The van der Waals surface area contributed by atoms with Gasteiger partial charge in [-0.3, -0.25) is 4.79 Å². The zero-order valence-electron chi connectivity index (χ0n) is 10.3. The van der Waals surface area contributed by atoms with Crippen molar-refractivity contribution in [2.45, 2.75) is 31.6 Å². The molecule has 0 spiro atoms. The molecule has 1 aromatic rings. The molecule has 0 radical (unpaired) electrons. The van der Waals surface area contributed by atoms with Crippen LogP contribution in [-0.4, -0.2) is 24.2 Å². The van der Waals surface area contributed by atoms with Gasteiger partial charge in [-0.05, 0) is 12.5 Å². The van der Waals surface area contributed by atoms with Gasteiger partial charge in [0.25, 0.3) is 0 Å². The fourth-order valence-electron chi connectivity index (χ4n) is 1.40. The molecule has 0 saturated heterocycles. The van der Waals surface area contributed by atoms with Crippen LogP contribution < -0.4 is 11.1 Å². The first kappa shape index (κ1) is 17.7. The van der Waals surface area contributed by atoms with Gasteiger partial charge in [0.1, 0.15) is 6.04 Å². The Morgan fingerprint density at radius 2 is 1.84 bits per heavy atom. The molecular weight excluding hydrogens is 281 g/mol. The van der Waals surface area contributed by atoms with E-state index in [0.717, 1.165) is 0 Å². The summed E-state index contributed by atoms with van der Waals surface area (Å²) >= 11 is 0. The highest BCUT2D eigenvalue weighted by atomic mass is 35.5. The molecule has 7 heteroatoms. The van der Waals surface area contributed by atoms with Crippen LogP contribution in [0.15, 0.2) is 30.3 Å². The highest BCUT2D eigenvalue weighted by Gasteiger charge is 2.40. The molecule has 2 atom stereocenters. The Bertz CT molecular complexity index is 396. The number of benzene rings is 1. The van der Waals surface area contributed by atoms with Crippen molar-refractivity contribution in [3.05, 3.63) is 35.9 Å². The van der Waals surface area contributed by atoms with E-state index in [1.54, 1.807) is 30.3 Å². The van der Waals surface area contributed by atoms with E-state index in [2.05, 4.69) is 0 Å². The third-order valence-corrected chi connectivity index (χ3v) is 2.41. The first-order valence-corrected chi connectivity index (χ1v) is 5.47. The number of hydrogen-bond donors (Lipinski definition) is 2. The highest BCUT2D eigenvalue weighted by Crippen LogP contribution is 2.23. The molecule has 1 rings (SSSR count). The number of halogens is 4. The van der Waals surface area contributed by atoms with E-state index in [4.69, 9.17) is 5.73 Å². The smallest absolute Gasteiger partial charge is 0.343 e. The lowest BCUT2D eigenvalue weighted by Crippen LogP contribution is -2.51. The molecule has 108 valence electrons. The number of nitrogens with one attached hydrogen (secondary N) is 1. The predicted octanol–water partition coefficient (Wildman–Crippen LogP) is 2.05. The van der Waals surface area contributed by atoms with Gasteiger partial charge in [0, 0.05) is 6.42 Å². The normalized spacial score (nSPS) is 14.2. The van der Waals surface area contributed by atoms with E-state index < -0.39 is 24.2 Å². The van der Waals surface area contributed by atoms with Gasteiger partial charge in [-0.1, -0.05) is 30.3 Å². The number of nitrogens with two attached hydrogens (primary N) is 1. The molecule has 0 aliphatic carbocycles. The maximum absolute atomic E-state index is 12.8. The Kier molecular flexibility index (Phi) is 6.86. The van der Waals surface area contributed by atoms with Crippen LogP contribution in [0.3, 0.4) is 0 Å².